The van der Waals surface area contributed by atoms with Crippen LogP contribution in [0.15, 0.2) is 11.0 Å². The van der Waals surface area contributed by atoms with Crippen LogP contribution in [-0.4, -0.2) is 25.3 Å². The zero-order valence-electron chi connectivity index (χ0n) is 10.8. The molecule has 6 heteroatoms. The van der Waals surface area contributed by atoms with Gasteiger partial charge < -0.3 is 5.73 Å². The summed E-state index contributed by atoms with van der Waals surface area (Å²) in [5.74, 6) is 0. The van der Waals surface area contributed by atoms with Gasteiger partial charge in [0.25, 0.3) is 0 Å². The summed E-state index contributed by atoms with van der Waals surface area (Å²) in [5.41, 5.74) is 5.58. The molecular weight excluding hydrogens is 268 g/mol. The Labute approximate surface area is 113 Å². The van der Waals surface area contributed by atoms with E-state index in [1.807, 2.05) is 13.8 Å². The zero-order valence-corrected chi connectivity index (χ0v) is 12.5. The van der Waals surface area contributed by atoms with E-state index in [4.69, 9.17) is 5.73 Å². The van der Waals surface area contributed by atoms with E-state index in [9.17, 15) is 8.42 Å². The molecule has 0 saturated heterocycles. The van der Waals surface area contributed by atoms with Crippen LogP contribution in [0.5, 0.6) is 0 Å². The second-order valence-electron chi connectivity index (χ2n) is 4.68. The second-order valence-corrected chi connectivity index (χ2v) is 7.88. The minimum Gasteiger partial charge on any atom is -0.326 e. The number of sulfonamides is 1. The van der Waals surface area contributed by atoms with Crippen LogP contribution in [0, 0.1) is 6.92 Å². The summed E-state index contributed by atoms with van der Waals surface area (Å²) in [6, 6.07) is 1.95. The maximum atomic E-state index is 12.6. The molecule has 1 heterocycles. The first-order chi connectivity index (χ1) is 8.50. The molecule has 1 saturated carbocycles. The first-order valence-electron chi connectivity index (χ1n) is 6.32. The van der Waals surface area contributed by atoms with E-state index in [1.54, 1.807) is 10.4 Å². The summed E-state index contributed by atoms with van der Waals surface area (Å²) >= 11 is 1.48. The van der Waals surface area contributed by atoms with Crippen molar-refractivity contribution in [3.05, 3.63) is 15.8 Å². The summed E-state index contributed by atoms with van der Waals surface area (Å²) < 4.78 is 27.0. The molecular formula is C12H20N2O2S2. The number of aryl methyl sites for hydroxylation is 1. The van der Waals surface area contributed by atoms with Gasteiger partial charge in [0.05, 0.1) is 4.90 Å². The highest BCUT2D eigenvalue weighted by atomic mass is 32.2. The summed E-state index contributed by atoms with van der Waals surface area (Å²) in [6.45, 7) is 4.88. The summed E-state index contributed by atoms with van der Waals surface area (Å²) in [7, 11) is -3.33. The van der Waals surface area contributed by atoms with E-state index >= 15 is 0 Å². The van der Waals surface area contributed by atoms with Gasteiger partial charge in [-0.25, -0.2) is 8.42 Å². The minimum absolute atomic E-state index is 0.218. The minimum atomic E-state index is -3.33. The zero-order chi connectivity index (χ0) is 13.3. The quantitative estimate of drug-likeness (QED) is 0.871. The molecule has 1 aliphatic rings. The summed E-state index contributed by atoms with van der Waals surface area (Å²) in [6.07, 6.45) is 2.83. The first-order valence-corrected chi connectivity index (χ1v) is 8.57. The molecule has 0 radical (unpaired) electrons. The Hall–Kier alpha value is -0.430. The predicted octanol–water partition coefficient (Wildman–Crippen LogP) is 2.08. The molecule has 1 fully saturated rings. The van der Waals surface area contributed by atoms with Crippen LogP contribution >= 0.6 is 11.3 Å². The molecule has 0 spiro atoms. The van der Waals surface area contributed by atoms with Crippen LogP contribution in [-0.2, 0) is 16.6 Å². The van der Waals surface area contributed by atoms with Crippen molar-refractivity contribution in [2.24, 2.45) is 5.73 Å². The highest BCUT2D eigenvalue weighted by Gasteiger charge is 2.38. The molecule has 102 valence electrons. The van der Waals surface area contributed by atoms with Crippen molar-refractivity contribution < 1.29 is 8.42 Å². The summed E-state index contributed by atoms with van der Waals surface area (Å²) in [4.78, 5) is 2.23. The molecule has 0 unspecified atom stereocenters. The molecule has 0 bridgehead atoms. The highest BCUT2D eigenvalue weighted by Crippen LogP contribution is 2.35. The fraction of sp³-hybridized carbons (Fsp3) is 0.667. The van der Waals surface area contributed by atoms with Crippen molar-refractivity contribution in [1.82, 2.24) is 4.31 Å². The molecule has 1 aromatic rings. The van der Waals surface area contributed by atoms with Crippen molar-refractivity contribution >= 4 is 21.4 Å². The Balaban J connectivity index is 2.35. The van der Waals surface area contributed by atoms with Gasteiger partial charge in [-0.3, -0.25) is 0 Å². The lowest BCUT2D eigenvalue weighted by Gasteiger charge is -2.21. The largest absolute Gasteiger partial charge is 0.326 e. The number of thiophene rings is 1. The van der Waals surface area contributed by atoms with E-state index in [1.165, 1.54) is 11.3 Å². The van der Waals surface area contributed by atoms with Crippen molar-refractivity contribution in [3.63, 3.8) is 0 Å². The fourth-order valence-electron chi connectivity index (χ4n) is 2.09. The van der Waals surface area contributed by atoms with Gasteiger partial charge in [0.1, 0.15) is 0 Å². The van der Waals surface area contributed by atoms with Crippen LogP contribution in [0.2, 0.25) is 0 Å². The van der Waals surface area contributed by atoms with Crippen LogP contribution in [0.4, 0.5) is 0 Å². The maximum absolute atomic E-state index is 12.6. The SMILES string of the molecule is CCCN(C1CC1)S(=O)(=O)c1cc(CN)sc1C. The van der Waals surface area contributed by atoms with E-state index in [0.29, 0.717) is 18.0 Å². The van der Waals surface area contributed by atoms with E-state index in [-0.39, 0.29) is 6.04 Å². The van der Waals surface area contributed by atoms with Crippen molar-refractivity contribution in [3.8, 4) is 0 Å². The molecule has 18 heavy (non-hydrogen) atoms. The van der Waals surface area contributed by atoms with Crippen molar-refractivity contribution in [1.29, 1.82) is 0 Å². The number of nitrogens with zero attached hydrogens (tertiary/aromatic N) is 1. The first kappa shape index (κ1) is 14.0. The molecule has 1 aromatic heterocycles. The number of rotatable bonds is 6. The number of hydrogen-bond donors (Lipinski definition) is 1. The van der Waals surface area contributed by atoms with Gasteiger partial charge in [-0.05, 0) is 32.3 Å². The molecule has 0 atom stereocenters. The third-order valence-corrected chi connectivity index (χ3v) is 6.39. The topological polar surface area (TPSA) is 63.4 Å². The van der Waals surface area contributed by atoms with Gasteiger partial charge in [0.2, 0.25) is 10.0 Å². The van der Waals surface area contributed by atoms with Crippen LogP contribution in [0.1, 0.15) is 35.9 Å². The van der Waals surface area contributed by atoms with Gasteiger partial charge in [-0.1, -0.05) is 6.92 Å². The molecule has 1 aliphatic carbocycles. The van der Waals surface area contributed by atoms with Crippen LogP contribution in [0.25, 0.3) is 0 Å². The Kier molecular flexibility index (Phi) is 4.11. The van der Waals surface area contributed by atoms with Gasteiger partial charge in [0.15, 0.2) is 0 Å². The fourth-order valence-corrected chi connectivity index (χ4v) is 5.35. The molecule has 4 nitrogen and oxygen atoms in total. The smallest absolute Gasteiger partial charge is 0.244 e. The Bertz CT molecular complexity index is 518. The molecule has 2 rings (SSSR count). The van der Waals surface area contributed by atoms with E-state index < -0.39 is 10.0 Å². The van der Waals surface area contributed by atoms with Crippen LogP contribution in [0.3, 0.4) is 0 Å². The van der Waals surface area contributed by atoms with E-state index in [2.05, 4.69) is 0 Å². The lowest BCUT2D eigenvalue weighted by atomic mass is 10.4. The third kappa shape index (κ3) is 2.61. The third-order valence-electron chi connectivity index (χ3n) is 3.11. The van der Waals surface area contributed by atoms with Gasteiger partial charge in [0, 0.05) is 28.9 Å². The van der Waals surface area contributed by atoms with Crippen molar-refractivity contribution in [2.45, 2.75) is 50.6 Å². The summed E-state index contributed by atoms with van der Waals surface area (Å²) in [5, 5.41) is 0. The van der Waals surface area contributed by atoms with Gasteiger partial charge in [-0.2, -0.15) is 4.31 Å². The second kappa shape index (κ2) is 5.28. The predicted molar refractivity (Wildman–Crippen MR) is 74.2 cm³/mol. The molecule has 2 N–H and O–H groups in total. The monoisotopic (exact) mass is 288 g/mol. The van der Waals surface area contributed by atoms with E-state index in [0.717, 1.165) is 29.0 Å². The average Bonchev–Trinajstić information content (AvgIpc) is 3.08. The number of nitrogens with two attached hydrogens (primary N) is 1. The lowest BCUT2D eigenvalue weighted by Crippen LogP contribution is -2.33. The maximum Gasteiger partial charge on any atom is 0.244 e. The highest BCUT2D eigenvalue weighted by molar-refractivity contribution is 7.89. The van der Waals surface area contributed by atoms with Gasteiger partial charge >= 0.3 is 0 Å². The van der Waals surface area contributed by atoms with Gasteiger partial charge in [-0.15, -0.1) is 11.3 Å². The lowest BCUT2D eigenvalue weighted by molar-refractivity contribution is 0.403. The molecule has 0 amide bonds. The standard InChI is InChI=1S/C12H20N2O2S2/c1-3-6-14(10-4-5-10)18(15,16)12-7-11(8-13)17-9(12)2/h7,10H,3-6,8,13H2,1-2H3. The number of hydrogen-bond acceptors (Lipinski definition) is 4. The van der Waals surface area contributed by atoms with Crippen molar-refractivity contribution in [2.75, 3.05) is 6.54 Å². The average molecular weight is 288 g/mol. The van der Waals surface area contributed by atoms with Crippen LogP contribution < -0.4 is 5.73 Å². The Morgan fingerprint density at radius 2 is 2.17 bits per heavy atom. The Morgan fingerprint density at radius 1 is 1.50 bits per heavy atom. The molecule has 0 aliphatic heterocycles. The molecule has 0 aromatic carbocycles. The Morgan fingerprint density at radius 3 is 2.61 bits per heavy atom. The normalized spacial score (nSPS) is 16.4.